The van der Waals surface area contributed by atoms with Crippen LogP contribution in [-0.4, -0.2) is 73.3 Å². The Kier molecular flexibility index (Phi) is 8.22. The van der Waals surface area contributed by atoms with Gasteiger partial charge in [-0.05, 0) is 44.3 Å². The van der Waals surface area contributed by atoms with E-state index in [0.29, 0.717) is 24.8 Å². The highest BCUT2D eigenvalue weighted by molar-refractivity contribution is 6.04. The van der Waals surface area contributed by atoms with Gasteiger partial charge in [-0.1, -0.05) is 6.07 Å². The summed E-state index contributed by atoms with van der Waals surface area (Å²) in [6, 6.07) is 8.12. The van der Waals surface area contributed by atoms with Gasteiger partial charge in [0.25, 0.3) is 5.91 Å². The van der Waals surface area contributed by atoms with Crippen molar-refractivity contribution in [1.29, 1.82) is 0 Å². The van der Waals surface area contributed by atoms with E-state index in [1.165, 1.54) is 18.3 Å². The summed E-state index contributed by atoms with van der Waals surface area (Å²) in [5.74, 6) is -0.0704. The third-order valence-electron chi connectivity index (χ3n) is 7.23. The van der Waals surface area contributed by atoms with Crippen LogP contribution >= 0.6 is 0 Å². The first-order valence-electron chi connectivity index (χ1n) is 13.3. The van der Waals surface area contributed by atoms with E-state index < -0.39 is 17.6 Å². The molecule has 1 N–H and O–H groups in total. The number of likely N-dealkylation sites (N-methyl/N-ethyl adjacent to an activating group) is 1. The maximum atomic E-state index is 13.1. The molecule has 0 radical (unpaired) electrons. The Labute approximate surface area is 231 Å². The number of ether oxygens (including phenoxy) is 2. The second-order valence-electron chi connectivity index (χ2n) is 10.2. The van der Waals surface area contributed by atoms with Gasteiger partial charge in [0.1, 0.15) is 11.8 Å². The molecule has 1 amide bonds. The number of amides is 1. The number of carbonyl (C=O) groups excluding carboxylic acids is 1. The number of anilines is 2. The zero-order chi connectivity index (χ0) is 28.3. The molecule has 8 nitrogen and oxygen atoms in total. The normalized spacial score (nSPS) is 17.1. The number of alkyl halides is 3. The summed E-state index contributed by atoms with van der Waals surface area (Å²) < 4.78 is 51.2. The van der Waals surface area contributed by atoms with Crippen LogP contribution < -0.4 is 15.0 Å². The molecule has 0 unspecified atom stereocenters. The van der Waals surface area contributed by atoms with E-state index >= 15 is 0 Å². The van der Waals surface area contributed by atoms with Gasteiger partial charge in [0.15, 0.2) is 0 Å². The van der Waals surface area contributed by atoms with Crippen molar-refractivity contribution in [2.45, 2.75) is 32.0 Å². The fourth-order valence-corrected chi connectivity index (χ4v) is 4.84. The molecule has 212 valence electrons. The van der Waals surface area contributed by atoms with Crippen LogP contribution in [0.2, 0.25) is 0 Å². The topological polar surface area (TPSA) is 79.8 Å². The van der Waals surface area contributed by atoms with Crippen LogP contribution in [0.1, 0.15) is 34.5 Å². The van der Waals surface area contributed by atoms with Gasteiger partial charge in [-0.25, -0.2) is 4.98 Å². The highest BCUT2D eigenvalue weighted by Crippen LogP contribution is 2.35. The number of aromatic nitrogens is 2. The van der Waals surface area contributed by atoms with E-state index in [-0.39, 0.29) is 11.7 Å². The van der Waals surface area contributed by atoms with Crippen LogP contribution in [0, 0.1) is 6.92 Å². The average Bonchev–Trinajstić information content (AvgIpc) is 2.95. The molecule has 0 spiro atoms. The molecule has 11 heteroatoms. The molecule has 4 heterocycles. The van der Waals surface area contributed by atoms with Gasteiger partial charge >= 0.3 is 6.18 Å². The molecule has 40 heavy (non-hydrogen) atoms. The third kappa shape index (κ3) is 6.53. The van der Waals surface area contributed by atoms with Gasteiger partial charge < -0.3 is 24.6 Å². The Hall–Kier alpha value is -3.70. The van der Waals surface area contributed by atoms with Crippen molar-refractivity contribution in [3.8, 4) is 17.0 Å². The lowest BCUT2D eigenvalue weighted by Crippen LogP contribution is -2.44. The standard InChI is InChI=1S/C29H32F3N5O3/c1-19-25(16-23(18-33-19)35-27(38)20-4-3-5-22(14-20)29(30,31)32)21-15-26(37-10-8-36(2)9-11-37)28(34-17-21)40-24-6-12-39-13-7-24/h3-5,14-18,24H,6-13H2,1-2H3,(H,35,38). The molecule has 5 rings (SSSR count). The van der Waals surface area contributed by atoms with E-state index in [0.717, 1.165) is 73.7 Å². The van der Waals surface area contributed by atoms with Crippen molar-refractivity contribution in [2.24, 2.45) is 0 Å². The Balaban J connectivity index is 1.42. The van der Waals surface area contributed by atoms with Crippen LogP contribution in [0.15, 0.2) is 48.8 Å². The molecule has 0 atom stereocenters. The molecule has 0 bridgehead atoms. The summed E-state index contributed by atoms with van der Waals surface area (Å²) >= 11 is 0. The van der Waals surface area contributed by atoms with E-state index in [4.69, 9.17) is 14.5 Å². The van der Waals surface area contributed by atoms with Crippen molar-refractivity contribution >= 4 is 17.3 Å². The molecular weight excluding hydrogens is 523 g/mol. The van der Waals surface area contributed by atoms with Gasteiger partial charge in [-0.2, -0.15) is 13.2 Å². The summed E-state index contributed by atoms with van der Waals surface area (Å²) in [5.41, 5.74) is 2.57. The van der Waals surface area contributed by atoms with E-state index in [1.54, 1.807) is 12.3 Å². The van der Waals surface area contributed by atoms with Crippen molar-refractivity contribution in [3.63, 3.8) is 0 Å². The summed E-state index contributed by atoms with van der Waals surface area (Å²) in [7, 11) is 2.10. The first-order chi connectivity index (χ1) is 19.2. The predicted octanol–water partition coefficient (Wildman–Crippen LogP) is 5.03. The van der Waals surface area contributed by atoms with Gasteiger partial charge in [0, 0.05) is 67.6 Å². The Bertz CT molecular complexity index is 1350. The largest absolute Gasteiger partial charge is 0.473 e. The number of benzene rings is 1. The van der Waals surface area contributed by atoms with Crippen LogP contribution in [0.25, 0.3) is 11.1 Å². The number of aryl methyl sites for hydroxylation is 1. The van der Waals surface area contributed by atoms with Crippen LogP contribution in [0.3, 0.4) is 0 Å². The van der Waals surface area contributed by atoms with Crippen LogP contribution in [0.4, 0.5) is 24.5 Å². The number of halogens is 3. The monoisotopic (exact) mass is 555 g/mol. The molecule has 2 saturated heterocycles. The number of hydrogen-bond acceptors (Lipinski definition) is 7. The van der Waals surface area contributed by atoms with Crippen molar-refractivity contribution < 1.29 is 27.4 Å². The van der Waals surface area contributed by atoms with Crippen LogP contribution in [-0.2, 0) is 10.9 Å². The number of nitrogens with one attached hydrogen (secondary N) is 1. The molecule has 2 aliphatic heterocycles. The SMILES string of the molecule is Cc1ncc(NC(=O)c2cccc(C(F)(F)F)c2)cc1-c1cnc(OC2CCOCC2)c(N2CCN(C)CC2)c1. The van der Waals surface area contributed by atoms with Gasteiger partial charge in [-0.15, -0.1) is 0 Å². The summed E-state index contributed by atoms with van der Waals surface area (Å²) in [5, 5.41) is 2.68. The summed E-state index contributed by atoms with van der Waals surface area (Å²) in [4.78, 5) is 26.5. The lowest BCUT2D eigenvalue weighted by atomic mass is 10.0. The molecule has 2 aliphatic rings. The Morgan fingerprint density at radius 1 is 1.05 bits per heavy atom. The molecule has 0 aliphatic carbocycles. The lowest BCUT2D eigenvalue weighted by molar-refractivity contribution is -0.137. The fourth-order valence-electron chi connectivity index (χ4n) is 4.84. The first-order valence-corrected chi connectivity index (χ1v) is 13.3. The molecular formula is C29H32F3N5O3. The number of piperazine rings is 1. The molecule has 2 aromatic heterocycles. The quantitative estimate of drug-likeness (QED) is 0.457. The minimum absolute atomic E-state index is 0.0381. The van der Waals surface area contributed by atoms with Gasteiger partial charge in [0.05, 0.1) is 30.7 Å². The first kappa shape index (κ1) is 27.9. The van der Waals surface area contributed by atoms with E-state index in [2.05, 4.69) is 27.1 Å². The fraction of sp³-hybridized carbons (Fsp3) is 0.414. The maximum Gasteiger partial charge on any atom is 0.416 e. The van der Waals surface area contributed by atoms with E-state index in [1.807, 2.05) is 13.0 Å². The highest BCUT2D eigenvalue weighted by Gasteiger charge is 2.31. The third-order valence-corrected chi connectivity index (χ3v) is 7.23. The van der Waals surface area contributed by atoms with Crippen LogP contribution in [0.5, 0.6) is 5.88 Å². The second-order valence-corrected chi connectivity index (χ2v) is 10.2. The molecule has 2 fully saturated rings. The smallest absolute Gasteiger partial charge is 0.416 e. The minimum atomic E-state index is -4.54. The maximum absolute atomic E-state index is 13.1. The highest BCUT2D eigenvalue weighted by atomic mass is 19.4. The predicted molar refractivity (Wildman–Crippen MR) is 146 cm³/mol. The Morgan fingerprint density at radius 3 is 2.52 bits per heavy atom. The van der Waals surface area contributed by atoms with Gasteiger partial charge in [-0.3, -0.25) is 9.78 Å². The molecule has 1 aromatic carbocycles. The average molecular weight is 556 g/mol. The number of rotatable bonds is 6. The zero-order valence-corrected chi connectivity index (χ0v) is 22.5. The number of nitrogens with zero attached hydrogens (tertiary/aromatic N) is 4. The minimum Gasteiger partial charge on any atom is -0.473 e. The number of pyridine rings is 2. The number of hydrogen-bond donors (Lipinski definition) is 1. The lowest BCUT2D eigenvalue weighted by Gasteiger charge is -2.35. The van der Waals surface area contributed by atoms with Crippen molar-refractivity contribution in [2.75, 3.05) is 56.7 Å². The van der Waals surface area contributed by atoms with E-state index in [9.17, 15) is 18.0 Å². The number of carbonyl (C=O) groups is 1. The molecule has 3 aromatic rings. The second kappa shape index (κ2) is 11.8. The Morgan fingerprint density at radius 2 is 1.80 bits per heavy atom. The van der Waals surface area contributed by atoms with Crippen molar-refractivity contribution in [1.82, 2.24) is 14.9 Å². The summed E-state index contributed by atoms with van der Waals surface area (Å²) in [6.45, 7) is 6.67. The summed E-state index contributed by atoms with van der Waals surface area (Å²) in [6.07, 6.45) is 0.337. The molecule has 0 saturated carbocycles. The zero-order valence-electron chi connectivity index (χ0n) is 22.5. The van der Waals surface area contributed by atoms with Gasteiger partial charge in [0.2, 0.25) is 5.88 Å². The van der Waals surface area contributed by atoms with Crippen molar-refractivity contribution in [3.05, 3.63) is 65.6 Å².